The van der Waals surface area contributed by atoms with Crippen LogP contribution in [0.15, 0.2) is 0 Å². The molecule has 2 unspecified atom stereocenters. The molecule has 0 aromatic rings. The second-order valence-electron chi connectivity index (χ2n) is 3.33. The Balaban J connectivity index is 2.44. The maximum absolute atomic E-state index is 11.8. The summed E-state index contributed by atoms with van der Waals surface area (Å²) in [4.78, 5) is 0. The van der Waals surface area contributed by atoms with Crippen molar-refractivity contribution in [1.82, 2.24) is 0 Å². The van der Waals surface area contributed by atoms with Crippen LogP contribution in [0.4, 0.5) is 13.2 Å². The lowest BCUT2D eigenvalue weighted by Gasteiger charge is -2.12. The van der Waals surface area contributed by atoms with Gasteiger partial charge in [-0.15, -0.1) is 0 Å². The molecule has 0 radical (unpaired) electrons. The Bertz CT molecular complexity index is 311. The minimum Gasteiger partial charge on any atom is -0.373 e. The molecule has 1 saturated heterocycles. The molecule has 2 atom stereocenters. The Labute approximate surface area is 85.5 Å². The fraction of sp³-hybridized carbons (Fsp3) is 1.00. The number of hydrogen-bond donors (Lipinski definition) is 0. The van der Waals surface area contributed by atoms with Crippen molar-refractivity contribution in [1.29, 1.82) is 0 Å². The van der Waals surface area contributed by atoms with Gasteiger partial charge in [0.2, 0.25) is 0 Å². The average Bonchev–Trinajstić information content (AvgIpc) is 2.46. The number of rotatable bonds is 3. The van der Waals surface area contributed by atoms with Gasteiger partial charge in [-0.3, -0.25) is 4.18 Å². The topological polar surface area (TPSA) is 52.6 Å². The van der Waals surface area contributed by atoms with E-state index in [1.54, 1.807) is 6.92 Å². The zero-order valence-corrected chi connectivity index (χ0v) is 8.77. The Hall–Kier alpha value is -0.340. The summed E-state index contributed by atoms with van der Waals surface area (Å²) in [5.41, 5.74) is -5.36. The molecule has 0 amide bonds. The molecule has 1 fully saturated rings. The highest BCUT2D eigenvalue weighted by molar-refractivity contribution is 7.87. The van der Waals surface area contributed by atoms with E-state index in [0.717, 1.165) is 0 Å². The summed E-state index contributed by atoms with van der Waals surface area (Å²) in [6.07, 6.45) is 0.568. The van der Waals surface area contributed by atoms with E-state index in [1.807, 2.05) is 0 Å². The van der Waals surface area contributed by atoms with Crippen molar-refractivity contribution < 1.29 is 30.5 Å². The maximum atomic E-state index is 11.8. The van der Waals surface area contributed by atoms with Crippen LogP contribution in [0, 0.1) is 0 Å². The van der Waals surface area contributed by atoms with Crippen molar-refractivity contribution >= 4 is 10.1 Å². The molecule has 0 N–H and O–H groups in total. The quantitative estimate of drug-likeness (QED) is 0.560. The summed E-state index contributed by atoms with van der Waals surface area (Å²) in [6.45, 7) is 1.18. The van der Waals surface area contributed by atoms with E-state index >= 15 is 0 Å². The van der Waals surface area contributed by atoms with Crippen molar-refractivity contribution in [2.45, 2.75) is 37.5 Å². The molecule has 1 aliphatic rings. The zero-order chi connectivity index (χ0) is 11.7. The molecule has 0 aromatic heterocycles. The molecule has 0 spiro atoms. The van der Waals surface area contributed by atoms with Gasteiger partial charge in [-0.2, -0.15) is 21.6 Å². The first-order valence-electron chi connectivity index (χ1n) is 4.33. The second kappa shape index (κ2) is 4.26. The van der Waals surface area contributed by atoms with Gasteiger partial charge in [-0.05, 0) is 19.8 Å². The third-order valence-corrected chi connectivity index (χ3v) is 3.03. The highest BCUT2D eigenvalue weighted by atomic mass is 32.2. The van der Waals surface area contributed by atoms with Crippen LogP contribution in [-0.2, 0) is 19.0 Å². The molecule has 0 bridgehead atoms. The molecule has 15 heavy (non-hydrogen) atoms. The fourth-order valence-corrected chi connectivity index (χ4v) is 1.70. The minimum absolute atomic E-state index is 0.0628. The van der Waals surface area contributed by atoms with E-state index in [-0.39, 0.29) is 6.10 Å². The van der Waals surface area contributed by atoms with Gasteiger partial charge in [-0.25, -0.2) is 0 Å². The van der Waals surface area contributed by atoms with Gasteiger partial charge in [0.1, 0.15) is 0 Å². The summed E-state index contributed by atoms with van der Waals surface area (Å²) in [5.74, 6) is 0. The van der Waals surface area contributed by atoms with Crippen LogP contribution in [0.25, 0.3) is 0 Å². The van der Waals surface area contributed by atoms with E-state index in [0.29, 0.717) is 12.8 Å². The summed E-state index contributed by atoms with van der Waals surface area (Å²) in [6, 6.07) is 0. The molecule has 8 heteroatoms. The monoisotopic (exact) mass is 248 g/mol. The molecular weight excluding hydrogens is 237 g/mol. The third kappa shape index (κ3) is 3.32. The summed E-state index contributed by atoms with van der Waals surface area (Å²) in [5, 5.41) is 0. The lowest BCUT2D eigenvalue weighted by molar-refractivity contribution is -0.0580. The average molecular weight is 248 g/mol. The lowest BCUT2D eigenvalue weighted by atomic mass is 10.2. The van der Waals surface area contributed by atoms with Crippen LogP contribution < -0.4 is 0 Å². The second-order valence-corrected chi connectivity index (χ2v) is 4.94. The van der Waals surface area contributed by atoms with Gasteiger partial charge in [-0.1, -0.05) is 0 Å². The van der Waals surface area contributed by atoms with Crippen LogP contribution >= 0.6 is 0 Å². The lowest BCUT2D eigenvalue weighted by Crippen LogP contribution is -2.29. The van der Waals surface area contributed by atoms with Crippen molar-refractivity contribution in [3.8, 4) is 0 Å². The molecule has 0 aromatic carbocycles. The number of ether oxygens (including phenoxy) is 1. The van der Waals surface area contributed by atoms with Crippen molar-refractivity contribution in [2.75, 3.05) is 6.61 Å². The predicted octanol–water partition coefficient (Wildman–Crippen LogP) is 1.42. The SMILES string of the molecule is CC1CCC(COS(=O)(=O)C(F)(F)F)O1. The van der Waals surface area contributed by atoms with E-state index in [2.05, 4.69) is 4.18 Å². The number of hydrogen-bond acceptors (Lipinski definition) is 4. The number of alkyl halides is 3. The molecule has 4 nitrogen and oxygen atoms in total. The highest BCUT2D eigenvalue weighted by Crippen LogP contribution is 2.26. The van der Waals surface area contributed by atoms with Gasteiger partial charge in [0.15, 0.2) is 0 Å². The molecule has 1 aliphatic heterocycles. The zero-order valence-electron chi connectivity index (χ0n) is 7.95. The summed E-state index contributed by atoms with van der Waals surface area (Å²) in [7, 11) is -5.48. The molecule has 1 heterocycles. The normalized spacial score (nSPS) is 28.3. The van der Waals surface area contributed by atoms with Crippen molar-refractivity contribution in [3.63, 3.8) is 0 Å². The Kier molecular flexibility index (Phi) is 3.62. The first-order valence-corrected chi connectivity index (χ1v) is 5.74. The van der Waals surface area contributed by atoms with E-state index in [1.165, 1.54) is 0 Å². The summed E-state index contributed by atoms with van der Waals surface area (Å²) < 4.78 is 65.4. The molecule has 0 aliphatic carbocycles. The molecular formula is C7H11F3O4S. The van der Waals surface area contributed by atoms with E-state index in [4.69, 9.17) is 4.74 Å². The highest BCUT2D eigenvalue weighted by Gasteiger charge is 2.47. The smallest absolute Gasteiger partial charge is 0.373 e. The Morgan fingerprint density at radius 1 is 1.40 bits per heavy atom. The van der Waals surface area contributed by atoms with Gasteiger partial charge in [0.25, 0.3) is 0 Å². The summed E-state index contributed by atoms with van der Waals surface area (Å²) >= 11 is 0. The largest absolute Gasteiger partial charge is 0.523 e. The molecule has 90 valence electrons. The van der Waals surface area contributed by atoms with Gasteiger partial charge in [0.05, 0.1) is 18.8 Å². The molecule has 1 rings (SSSR count). The fourth-order valence-electron chi connectivity index (χ4n) is 1.24. The maximum Gasteiger partial charge on any atom is 0.523 e. The Morgan fingerprint density at radius 3 is 2.40 bits per heavy atom. The minimum atomic E-state index is -5.48. The van der Waals surface area contributed by atoms with Crippen LogP contribution in [0.1, 0.15) is 19.8 Å². The van der Waals surface area contributed by atoms with Crippen LogP contribution in [0.2, 0.25) is 0 Å². The van der Waals surface area contributed by atoms with Crippen LogP contribution in [0.5, 0.6) is 0 Å². The van der Waals surface area contributed by atoms with E-state index in [9.17, 15) is 21.6 Å². The van der Waals surface area contributed by atoms with Crippen molar-refractivity contribution in [3.05, 3.63) is 0 Å². The van der Waals surface area contributed by atoms with E-state index < -0.39 is 28.3 Å². The van der Waals surface area contributed by atoms with Gasteiger partial charge < -0.3 is 4.74 Å². The van der Waals surface area contributed by atoms with Gasteiger partial charge >= 0.3 is 15.6 Å². The van der Waals surface area contributed by atoms with Crippen LogP contribution in [-0.4, -0.2) is 32.7 Å². The van der Waals surface area contributed by atoms with Gasteiger partial charge in [0, 0.05) is 0 Å². The first-order chi connectivity index (χ1) is 6.72. The first kappa shape index (κ1) is 12.7. The molecule has 0 saturated carbocycles. The predicted molar refractivity (Wildman–Crippen MR) is 44.5 cm³/mol. The third-order valence-electron chi connectivity index (χ3n) is 2.01. The Morgan fingerprint density at radius 2 is 2.00 bits per heavy atom. The van der Waals surface area contributed by atoms with Crippen LogP contribution in [0.3, 0.4) is 0 Å². The van der Waals surface area contributed by atoms with Crippen molar-refractivity contribution in [2.24, 2.45) is 0 Å². The standard InChI is InChI=1S/C7H11F3O4S/c1-5-2-3-6(14-5)4-13-15(11,12)7(8,9)10/h5-6H,2-4H2,1H3. The number of halogens is 3.